The zero-order chi connectivity index (χ0) is 16.4. The van der Waals surface area contributed by atoms with Gasteiger partial charge in [-0.2, -0.15) is 0 Å². The molecule has 0 saturated carbocycles. The van der Waals surface area contributed by atoms with E-state index in [1.54, 1.807) is 0 Å². The molecule has 0 atom stereocenters. The highest BCUT2D eigenvalue weighted by Gasteiger charge is 2.27. The first kappa shape index (κ1) is 15.0. The van der Waals surface area contributed by atoms with E-state index in [-0.39, 0.29) is 0 Å². The second kappa shape index (κ2) is 6.08. The Balaban J connectivity index is 2.01. The van der Waals surface area contributed by atoms with Gasteiger partial charge in [-0.3, -0.25) is 9.59 Å². The first-order valence-electron chi connectivity index (χ1n) is 7.62. The van der Waals surface area contributed by atoms with Gasteiger partial charge in [-0.05, 0) is 32.0 Å². The lowest BCUT2D eigenvalue weighted by atomic mass is 10.1. The number of amides is 1. The van der Waals surface area contributed by atoms with Crippen LogP contribution in [0.5, 0.6) is 0 Å². The first-order valence-corrected chi connectivity index (χ1v) is 7.62. The zero-order valence-corrected chi connectivity index (χ0v) is 13.2. The molecule has 1 heterocycles. The molecule has 23 heavy (non-hydrogen) atoms. The maximum Gasteiger partial charge on any atom is 0.299 e. The highest BCUT2D eigenvalue weighted by Crippen LogP contribution is 2.24. The average Bonchev–Trinajstić information content (AvgIpc) is 2.91. The Morgan fingerprint density at radius 1 is 1.00 bits per heavy atom. The number of hydrogen-bond donors (Lipinski definition) is 1. The Bertz CT molecular complexity index is 865. The quantitative estimate of drug-likeness (QED) is 0.590. The van der Waals surface area contributed by atoms with Gasteiger partial charge >= 0.3 is 0 Å². The second-order valence-corrected chi connectivity index (χ2v) is 5.38. The number of hydrogen-bond acceptors (Lipinski definition) is 2. The number of fused-ring (bicyclic) bond motifs is 1. The van der Waals surface area contributed by atoms with Crippen molar-refractivity contribution in [3.05, 3.63) is 65.9 Å². The van der Waals surface area contributed by atoms with Crippen molar-refractivity contribution in [2.45, 2.75) is 13.8 Å². The maximum atomic E-state index is 12.8. The number of aromatic nitrogens is 1. The van der Waals surface area contributed by atoms with Crippen LogP contribution in [-0.4, -0.2) is 23.2 Å². The fourth-order valence-electron chi connectivity index (χ4n) is 2.85. The lowest BCUT2D eigenvalue weighted by molar-refractivity contribution is -0.114. The van der Waals surface area contributed by atoms with E-state index in [1.165, 1.54) is 4.90 Å². The van der Waals surface area contributed by atoms with Crippen molar-refractivity contribution in [2.24, 2.45) is 0 Å². The Labute approximate surface area is 134 Å². The molecule has 1 aromatic heterocycles. The molecule has 4 heteroatoms. The third-order valence-electron chi connectivity index (χ3n) is 3.94. The summed E-state index contributed by atoms with van der Waals surface area (Å²) in [6.45, 7) is 4.12. The molecule has 116 valence electrons. The molecule has 4 nitrogen and oxygen atoms in total. The van der Waals surface area contributed by atoms with Gasteiger partial charge in [0.1, 0.15) is 0 Å². The molecule has 0 fully saturated rings. The van der Waals surface area contributed by atoms with Gasteiger partial charge < -0.3 is 9.88 Å². The summed E-state index contributed by atoms with van der Waals surface area (Å²) in [6, 6.07) is 16.8. The SMILES string of the molecule is CCN(C(=O)C(=O)c1c(C)[nH]c2ccccc12)c1ccccc1. The number of ketones is 1. The van der Waals surface area contributed by atoms with E-state index in [4.69, 9.17) is 0 Å². The maximum absolute atomic E-state index is 12.8. The molecule has 2 aromatic carbocycles. The molecule has 3 rings (SSSR count). The third-order valence-corrected chi connectivity index (χ3v) is 3.94. The van der Waals surface area contributed by atoms with Gasteiger partial charge in [0.05, 0.1) is 5.56 Å². The van der Waals surface area contributed by atoms with E-state index < -0.39 is 11.7 Å². The number of Topliss-reactive ketones (excluding diaryl/α,β-unsaturated/α-hetero) is 1. The molecule has 0 bridgehead atoms. The number of aromatic amines is 1. The van der Waals surface area contributed by atoms with Crippen LogP contribution in [0.2, 0.25) is 0 Å². The van der Waals surface area contributed by atoms with Crippen LogP contribution < -0.4 is 4.90 Å². The van der Waals surface area contributed by atoms with Crippen LogP contribution in [0, 0.1) is 6.92 Å². The third kappa shape index (κ3) is 2.63. The summed E-state index contributed by atoms with van der Waals surface area (Å²) >= 11 is 0. The van der Waals surface area contributed by atoms with Crippen molar-refractivity contribution in [1.82, 2.24) is 4.98 Å². The van der Waals surface area contributed by atoms with Gasteiger partial charge in [0.25, 0.3) is 11.7 Å². The molecule has 0 spiro atoms. The van der Waals surface area contributed by atoms with Crippen LogP contribution in [0.15, 0.2) is 54.6 Å². The molecule has 0 aliphatic rings. The van der Waals surface area contributed by atoms with E-state index in [0.29, 0.717) is 17.8 Å². The smallest absolute Gasteiger partial charge is 0.299 e. The Morgan fingerprint density at radius 2 is 1.65 bits per heavy atom. The number of para-hydroxylation sites is 2. The monoisotopic (exact) mass is 306 g/mol. The number of aryl methyl sites for hydroxylation is 1. The molecule has 0 radical (unpaired) electrons. The number of nitrogens with one attached hydrogen (secondary N) is 1. The molecule has 1 N–H and O–H groups in total. The average molecular weight is 306 g/mol. The number of nitrogens with zero attached hydrogens (tertiary/aromatic N) is 1. The van der Waals surface area contributed by atoms with Gasteiger partial charge in [0.2, 0.25) is 0 Å². The number of carbonyl (C=O) groups is 2. The summed E-state index contributed by atoms with van der Waals surface area (Å²) < 4.78 is 0. The van der Waals surface area contributed by atoms with Gasteiger partial charge in [0, 0.05) is 28.8 Å². The first-order chi connectivity index (χ1) is 11.1. The summed E-state index contributed by atoms with van der Waals surface area (Å²) in [5.74, 6) is -0.989. The van der Waals surface area contributed by atoms with Crippen molar-refractivity contribution < 1.29 is 9.59 Å². The zero-order valence-electron chi connectivity index (χ0n) is 13.2. The molecular weight excluding hydrogens is 288 g/mol. The van der Waals surface area contributed by atoms with E-state index in [0.717, 1.165) is 16.6 Å². The molecule has 0 unspecified atom stereocenters. The number of anilines is 1. The molecule has 0 aliphatic carbocycles. The molecular formula is C19H18N2O2. The summed E-state index contributed by atoms with van der Waals surface area (Å²) in [5.41, 5.74) is 2.77. The predicted octanol–water partition coefficient (Wildman–Crippen LogP) is 3.71. The van der Waals surface area contributed by atoms with Crippen LogP contribution in [0.1, 0.15) is 23.0 Å². The standard InChI is InChI=1S/C19H18N2O2/c1-3-21(14-9-5-4-6-10-14)19(23)18(22)17-13(2)20-16-12-8-7-11-15(16)17/h4-12,20H,3H2,1-2H3. The Hall–Kier alpha value is -2.88. The predicted molar refractivity (Wildman–Crippen MR) is 91.8 cm³/mol. The number of carbonyl (C=O) groups excluding carboxylic acids is 2. The lowest BCUT2D eigenvalue weighted by Crippen LogP contribution is -2.36. The van der Waals surface area contributed by atoms with Crippen molar-refractivity contribution in [3.8, 4) is 0 Å². The van der Waals surface area contributed by atoms with Crippen LogP contribution >= 0.6 is 0 Å². The summed E-state index contributed by atoms with van der Waals surface area (Å²) in [6.07, 6.45) is 0. The van der Waals surface area contributed by atoms with E-state index in [1.807, 2.05) is 68.4 Å². The molecule has 1 amide bonds. The minimum Gasteiger partial charge on any atom is -0.358 e. The fraction of sp³-hybridized carbons (Fsp3) is 0.158. The largest absolute Gasteiger partial charge is 0.358 e. The van der Waals surface area contributed by atoms with E-state index in [2.05, 4.69) is 4.98 Å². The number of H-pyrrole nitrogens is 1. The van der Waals surface area contributed by atoms with Crippen molar-refractivity contribution in [1.29, 1.82) is 0 Å². The Morgan fingerprint density at radius 3 is 2.35 bits per heavy atom. The van der Waals surface area contributed by atoms with Crippen LogP contribution in [0.25, 0.3) is 10.9 Å². The number of likely N-dealkylation sites (N-methyl/N-ethyl adjacent to an activating group) is 1. The van der Waals surface area contributed by atoms with E-state index >= 15 is 0 Å². The van der Waals surface area contributed by atoms with E-state index in [9.17, 15) is 9.59 Å². The minimum atomic E-state index is -0.508. The fourth-order valence-corrected chi connectivity index (χ4v) is 2.85. The van der Waals surface area contributed by atoms with Gasteiger partial charge in [-0.1, -0.05) is 36.4 Å². The summed E-state index contributed by atoms with van der Waals surface area (Å²) in [4.78, 5) is 30.2. The topological polar surface area (TPSA) is 53.2 Å². The molecule has 0 saturated heterocycles. The van der Waals surface area contributed by atoms with Crippen molar-refractivity contribution in [2.75, 3.05) is 11.4 Å². The van der Waals surface area contributed by atoms with Crippen molar-refractivity contribution in [3.63, 3.8) is 0 Å². The van der Waals surface area contributed by atoms with Crippen LogP contribution in [-0.2, 0) is 4.79 Å². The summed E-state index contributed by atoms with van der Waals surface area (Å²) in [7, 11) is 0. The molecule has 3 aromatic rings. The number of rotatable bonds is 4. The Kier molecular flexibility index (Phi) is 3.98. The highest BCUT2D eigenvalue weighted by molar-refractivity contribution is 6.49. The summed E-state index contributed by atoms with van der Waals surface area (Å²) in [5, 5.41) is 0.785. The van der Waals surface area contributed by atoms with Gasteiger partial charge in [0.15, 0.2) is 0 Å². The highest BCUT2D eigenvalue weighted by atomic mass is 16.2. The van der Waals surface area contributed by atoms with Crippen LogP contribution in [0.3, 0.4) is 0 Å². The second-order valence-electron chi connectivity index (χ2n) is 5.38. The molecule has 0 aliphatic heterocycles. The van der Waals surface area contributed by atoms with Crippen molar-refractivity contribution >= 4 is 28.3 Å². The normalized spacial score (nSPS) is 10.7. The number of benzene rings is 2. The lowest BCUT2D eigenvalue weighted by Gasteiger charge is -2.20. The minimum absolute atomic E-state index is 0.440. The van der Waals surface area contributed by atoms with Crippen LogP contribution in [0.4, 0.5) is 5.69 Å². The van der Waals surface area contributed by atoms with Gasteiger partial charge in [-0.15, -0.1) is 0 Å². The van der Waals surface area contributed by atoms with Gasteiger partial charge in [-0.25, -0.2) is 0 Å².